The van der Waals surface area contributed by atoms with Gasteiger partial charge in [0, 0.05) is 25.0 Å². The highest BCUT2D eigenvalue weighted by Gasteiger charge is 2.18. The van der Waals surface area contributed by atoms with Gasteiger partial charge in [0.2, 0.25) is 0 Å². The number of carbonyl (C=O) groups is 1. The quantitative estimate of drug-likeness (QED) is 0.851. The lowest BCUT2D eigenvalue weighted by atomic mass is 10.1. The molecule has 2 aromatic rings. The zero-order valence-electron chi connectivity index (χ0n) is 12.4. The molecule has 116 valence electrons. The normalized spacial score (nSPS) is 12.3. The topological polar surface area (TPSA) is 53.4 Å². The van der Waals surface area contributed by atoms with E-state index in [2.05, 4.69) is 17.1 Å². The SMILES string of the molecule is CC(Cc1ccccc1)N(CC(=O)O)Cc1cncc(Cl)c1. The van der Waals surface area contributed by atoms with Gasteiger partial charge in [-0.05, 0) is 30.5 Å². The summed E-state index contributed by atoms with van der Waals surface area (Å²) in [4.78, 5) is 17.1. The first-order chi connectivity index (χ1) is 10.5. The van der Waals surface area contributed by atoms with Crippen molar-refractivity contribution in [1.29, 1.82) is 0 Å². The Labute approximate surface area is 135 Å². The molecule has 0 saturated carbocycles. The first kappa shape index (κ1) is 16.5. The fourth-order valence-electron chi connectivity index (χ4n) is 2.40. The number of nitrogens with zero attached hydrogens (tertiary/aromatic N) is 2. The third-order valence-electron chi connectivity index (χ3n) is 3.48. The van der Waals surface area contributed by atoms with Gasteiger partial charge in [0.1, 0.15) is 0 Å². The smallest absolute Gasteiger partial charge is 0.317 e. The molecule has 4 nitrogen and oxygen atoms in total. The minimum atomic E-state index is -0.838. The second-order valence-corrected chi connectivity index (χ2v) is 5.79. The van der Waals surface area contributed by atoms with Crippen LogP contribution in [-0.4, -0.2) is 33.5 Å². The Balaban J connectivity index is 2.09. The maximum absolute atomic E-state index is 11.1. The number of rotatable bonds is 7. The van der Waals surface area contributed by atoms with Crippen molar-refractivity contribution < 1.29 is 9.90 Å². The van der Waals surface area contributed by atoms with Gasteiger partial charge in [0.05, 0.1) is 11.6 Å². The van der Waals surface area contributed by atoms with E-state index < -0.39 is 5.97 Å². The van der Waals surface area contributed by atoms with E-state index in [-0.39, 0.29) is 12.6 Å². The van der Waals surface area contributed by atoms with E-state index in [0.29, 0.717) is 11.6 Å². The zero-order valence-corrected chi connectivity index (χ0v) is 13.2. The van der Waals surface area contributed by atoms with E-state index in [1.54, 1.807) is 12.4 Å². The van der Waals surface area contributed by atoms with Crippen molar-refractivity contribution >= 4 is 17.6 Å². The molecule has 1 unspecified atom stereocenters. The monoisotopic (exact) mass is 318 g/mol. The summed E-state index contributed by atoms with van der Waals surface area (Å²) in [6.45, 7) is 2.53. The molecule has 0 aliphatic carbocycles. The first-order valence-corrected chi connectivity index (χ1v) is 7.51. The average molecular weight is 319 g/mol. The lowest BCUT2D eigenvalue weighted by molar-refractivity contribution is -0.139. The van der Waals surface area contributed by atoms with Crippen molar-refractivity contribution in [2.24, 2.45) is 0 Å². The van der Waals surface area contributed by atoms with E-state index in [0.717, 1.165) is 12.0 Å². The van der Waals surface area contributed by atoms with Gasteiger partial charge >= 0.3 is 5.97 Å². The number of carboxylic acids is 1. The number of aromatic nitrogens is 1. The number of aliphatic carboxylic acids is 1. The average Bonchev–Trinajstić information content (AvgIpc) is 2.47. The van der Waals surface area contributed by atoms with E-state index >= 15 is 0 Å². The Morgan fingerprint density at radius 1 is 1.27 bits per heavy atom. The molecule has 0 fully saturated rings. The summed E-state index contributed by atoms with van der Waals surface area (Å²) in [5, 5.41) is 9.71. The number of halogens is 1. The van der Waals surface area contributed by atoms with E-state index in [9.17, 15) is 4.79 Å². The van der Waals surface area contributed by atoms with Crippen LogP contribution in [0.5, 0.6) is 0 Å². The van der Waals surface area contributed by atoms with Gasteiger partial charge in [-0.1, -0.05) is 41.9 Å². The van der Waals surface area contributed by atoms with Crippen LogP contribution in [-0.2, 0) is 17.8 Å². The second-order valence-electron chi connectivity index (χ2n) is 5.35. The maximum atomic E-state index is 11.1. The van der Waals surface area contributed by atoms with Gasteiger partial charge in [-0.25, -0.2) is 0 Å². The van der Waals surface area contributed by atoms with Crippen LogP contribution in [0.4, 0.5) is 0 Å². The highest BCUT2D eigenvalue weighted by Crippen LogP contribution is 2.15. The van der Waals surface area contributed by atoms with Crippen LogP contribution in [0.25, 0.3) is 0 Å². The Morgan fingerprint density at radius 2 is 2.00 bits per heavy atom. The Morgan fingerprint density at radius 3 is 2.64 bits per heavy atom. The van der Waals surface area contributed by atoms with Gasteiger partial charge < -0.3 is 5.11 Å². The number of carboxylic acid groups (broad SMARTS) is 1. The molecule has 0 radical (unpaired) electrons. The molecule has 1 atom stereocenters. The summed E-state index contributed by atoms with van der Waals surface area (Å²) < 4.78 is 0. The fraction of sp³-hybridized carbons (Fsp3) is 0.294. The molecule has 0 aliphatic rings. The summed E-state index contributed by atoms with van der Waals surface area (Å²) in [7, 11) is 0. The molecular formula is C17H19ClN2O2. The number of hydrogen-bond donors (Lipinski definition) is 1. The highest BCUT2D eigenvalue weighted by molar-refractivity contribution is 6.30. The maximum Gasteiger partial charge on any atom is 0.317 e. The van der Waals surface area contributed by atoms with Crippen LogP contribution < -0.4 is 0 Å². The fourth-order valence-corrected chi connectivity index (χ4v) is 2.60. The van der Waals surface area contributed by atoms with Gasteiger partial charge in [0.25, 0.3) is 0 Å². The molecule has 1 aromatic heterocycles. The second kappa shape index (κ2) is 7.92. The van der Waals surface area contributed by atoms with Crippen LogP contribution in [0.1, 0.15) is 18.1 Å². The molecule has 22 heavy (non-hydrogen) atoms. The minimum Gasteiger partial charge on any atom is -0.480 e. The number of benzene rings is 1. The van der Waals surface area contributed by atoms with Crippen LogP contribution in [0.3, 0.4) is 0 Å². The number of pyridine rings is 1. The first-order valence-electron chi connectivity index (χ1n) is 7.14. The van der Waals surface area contributed by atoms with Gasteiger partial charge in [0.15, 0.2) is 0 Å². The minimum absolute atomic E-state index is 0.0134. The van der Waals surface area contributed by atoms with Crippen molar-refractivity contribution in [2.45, 2.75) is 25.9 Å². The number of hydrogen-bond acceptors (Lipinski definition) is 3. The zero-order chi connectivity index (χ0) is 15.9. The standard InChI is InChI=1S/C17H19ClN2O2/c1-13(7-14-5-3-2-4-6-14)20(12-17(21)22)11-15-8-16(18)10-19-9-15/h2-6,8-10,13H,7,11-12H2,1H3,(H,21,22). The highest BCUT2D eigenvalue weighted by atomic mass is 35.5. The molecule has 0 bridgehead atoms. The molecule has 1 aromatic carbocycles. The largest absolute Gasteiger partial charge is 0.480 e. The summed E-state index contributed by atoms with van der Waals surface area (Å²) in [6, 6.07) is 12.0. The molecular weight excluding hydrogens is 300 g/mol. The molecule has 1 heterocycles. The predicted octanol–water partition coefficient (Wildman–Crippen LogP) is 3.25. The Hall–Kier alpha value is -1.91. The Kier molecular flexibility index (Phi) is 5.92. The van der Waals surface area contributed by atoms with Crippen LogP contribution in [0.15, 0.2) is 48.8 Å². The lowest BCUT2D eigenvalue weighted by Gasteiger charge is -2.27. The molecule has 0 spiro atoms. The molecule has 5 heteroatoms. The van der Waals surface area contributed by atoms with Crippen molar-refractivity contribution in [3.63, 3.8) is 0 Å². The molecule has 0 amide bonds. The van der Waals surface area contributed by atoms with Crippen LogP contribution in [0, 0.1) is 0 Å². The van der Waals surface area contributed by atoms with Gasteiger partial charge in [-0.3, -0.25) is 14.7 Å². The third-order valence-corrected chi connectivity index (χ3v) is 3.69. The molecule has 0 saturated heterocycles. The lowest BCUT2D eigenvalue weighted by Crippen LogP contribution is -2.38. The van der Waals surface area contributed by atoms with E-state index in [1.807, 2.05) is 36.1 Å². The summed E-state index contributed by atoms with van der Waals surface area (Å²) in [5.74, 6) is -0.838. The summed E-state index contributed by atoms with van der Waals surface area (Å²) in [6.07, 6.45) is 4.08. The van der Waals surface area contributed by atoms with Crippen molar-refractivity contribution in [1.82, 2.24) is 9.88 Å². The molecule has 2 rings (SSSR count). The summed E-state index contributed by atoms with van der Waals surface area (Å²) >= 11 is 5.95. The predicted molar refractivity (Wildman–Crippen MR) is 86.9 cm³/mol. The summed E-state index contributed by atoms with van der Waals surface area (Å²) in [5.41, 5.74) is 2.10. The van der Waals surface area contributed by atoms with E-state index in [1.165, 1.54) is 5.56 Å². The van der Waals surface area contributed by atoms with Crippen molar-refractivity contribution in [3.05, 3.63) is 64.9 Å². The molecule has 0 aliphatic heterocycles. The van der Waals surface area contributed by atoms with Gasteiger partial charge in [-0.15, -0.1) is 0 Å². The third kappa shape index (κ3) is 5.13. The van der Waals surface area contributed by atoms with Crippen molar-refractivity contribution in [2.75, 3.05) is 6.54 Å². The van der Waals surface area contributed by atoms with Gasteiger partial charge in [-0.2, -0.15) is 0 Å². The Bertz CT molecular complexity index is 619. The van der Waals surface area contributed by atoms with E-state index in [4.69, 9.17) is 16.7 Å². The van der Waals surface area contributed by atoms with Crippen LogP contribution >= 0.6 is 11.6 Å². The van der Waals surface area contributed by atoms with Crippen LogP contribution in [0.2, 0.25) is 5.02 Å². The molecule has 1 N–H and O–H groups in total. The van der Waals surface area contributed by atoms with Crippen molar-refractivity contribution in [3.8, 4) is 0 Å².